The van der Waals surface area contributed by atoms with Crippen molar-refractivity contribution >= 4 is 23.2 Å². The highest BCUT2D eigenvalue weighted by Crippen LogP contribution is 2.19. The van der Waals surface area contributed by atoms with Crippen molar-refractivity contribution in [2.24, 2.45) is 0 Å². The number of benzene rings is 2. The van der Waals surface area contributed by atoms with E-state index in [0.29, 0.717) is 11.3 Å². The summed E-state index contributed by atoms with van der Waals surface area (Å²) in [4.78, 5) is 24.3. The molecule has 6 nitrogen and oxygen atoms in total. The summed E-state index contributed by atoms with van der Waals surface area (Å²) in [5.74, 6) is 0.403. The second-order valence-electron chi connectivity index (χ2n) is 6.98. The molecule has 0 heterocycles. The number of hydrogen-bond donors (Lipinski definition) is 3. The Bertz CT molecular complexity index is 805. The lowest BCUT2D eigenvalue weighted by molar-refractivity contribution is -0.114. The fourth-order valence-electron chi connectivity index (χ4n) is 2.47. The summed E-state index contributed by atoms with van der Waals surface area (Å²) in [5, 5.41) is 8.73. The number of ether oxygens (including phenoxy) is 1. The highest BCUT2D eigenvalue weighted by molar-refractivity contribution is 5.98. The number of anilines is 2. The summed E-state index contributed by atoms with van der Waals surface area (Å²) in [7, 11) is 0. The lowest BCUT2D eigenvalue weighted by atomic mass is 10.1. The highest BCUT2D eigenvalue weighted by atomic mass is 16.5. The van der Waals surface area contributed by atoms with Gasteiger partial charge in [-0.2, -0.15) is 0 Å². The van der Waals surface area contributed by atoms with E-state index < -0.39 is 0 Å². The molecule has 0 aliphatic carbocycles. The van der Waals surface area contributed by atoms with Gasteiger partial charge < -0.3 is 20.7 Å². The third kappa shape index (κ3) is 6.95. The first-order valence-electron chi connectivity index (χ1n) is 9.58. The third-order valence-electron chi connectivity index (χ3n) is 4.03. The van der Waals surface area contributed by atoms with Crippen LogP contribution in [0.5, 0.6) is 5.75 Å². The topological polar surface area (TPSA) is 79.5 Å². The van der Waals surface area contributed by atoms with E-state index in [0.717, 1.165) is 17.9 Å². The quantitative estimate of drug-likeness (QED) is 0.610. The molecule has 28 heavy (non-hydrogen) atoms. The summed E-state index contributed by atoms with van der Waals surface area (Å²) >= 11 is 0. The summed E-state index contributed by atoms with van der Waals surface area (Å²) in [6, 6.07) is 14.5. The van der Waals surface area contributed by atoms with Crippen LogP contribution in [0.3, 0.4) is 0 Å². The molecule has 0 fully saturated rings. The van der Waals surface area contributed by atoms with E-state index in [2.05, 4.69) is 22.9 Å². The molecule has 150 valence electrons. The minimum atomic E-state index is -0.199. The van der Waals surface area contributed by atoms with Crippen molar-refractivity contribution < 1.29 is 14.3 Å². The molecule has 6 heteroatoms. The SMILES string of the molecule is CCC(C)Oc1cccc(NCC(=O)Nc2cccc(C(=O)NC(C)C)c2)c1. The van der Waals surface area contributed by atoms with E-state index in [1.54, 1.807) is 24.3 Å². The maximum atomic E-state index is 12.2. The van der Waals surface area contributed by atoms with Gasteiger partial charge in [-0.15, -0.1) is 0 Å². The highest BCUT2D eigenvalue weighted by Gasteiger charge is 2.09. The molecule has 2 aromatic carbocycles. The van der Waals surface area contributed by atoms with Gasteiger partial charge in [-0.25, -0.2) is 0 Å². The maximum absolute atomic E-state index is 12.2. The van der Waals surface area contributed by atoms with Crippen molar-refractivity contribution in [3.8, 4) is 5.75 Å². The molecule has 1 unspecified atom stereocenters. The summed E-state index contributed by atoms with van der Waals surface area (Å²) in [5.41, 5.74) is 1.90. The minimum absolute atomic E-state index is 0.0509. The van der Waals surface area contributed by atoms with Gasteiger partial charge in [-0.3, -0.25) is 9.59 Å². The first-order chi connectivity index (χ1) is 13.4. The van der Waals surface area contributed by atoms with Crippen molar-refractivity contribution in [2.45, 2.75) is 46.3 Å². The first kappa shape index (κ1) is 21.3. The molecule has 0 aliphatic rings. The Kier molecular flexibility index (Phi) is 7.87. The summed E-state index contributed by atoms with van der Waals surface area (Å²) in [6.07, 6.45) is 1.06. The molecule has 0 bridgehead atoms. The van der Waals surface area contributed by atoms with Gasteiger partial charge in [0.05, 0.1) is 12.6 Å². The Morgan fingerprint density at radius 1 is 1.00 bits per heavy atom. The van der Waals surface area contributed by atoms with Crippen LogP contribution in [0.2, 0.25) is 0 Å². The molecule has 1 atom stereocenters. The minimum Gasteiger partial charge on any atom is -0.491 e. The van der Waals surface area contributed by atoms with Gasteiger partial charge >= 0.3 is 0 Å². The van der Waals surface area contributed by atoms with Crippen LogP contribution < -0.4 is 20.7 Å². The van der Waals surface area contributed by atoms with Crippen LogP contribution in [0, 0.1) is 0 Å². The lowest BCUT2D eigenvalue weighted by Gasteiger charge is -2.14. The zero-order valence-corrected chi connectivity index (χ0v) is 16.9. The van der Waals surface area contributed by atoms with Crippen molar-refractivity contribution in [1.82, 2.24) is 5.32 Å². The monoisotopic (exact) mass is 383 g/mol. The Labute approximate surface area is 166 Å². The number of carbonyl (C=O) groups excluding carboxylic acids is 2. The van der Waals surface area contributed by atoms with E-state index >= 15 is 0 Å². The summed E-state index contributed by atoms with van der Waals surface area (Å²) in [6.45, 7) is 7.99. The normalized spacial score (nSPS) is 11.6. The molecule has 2 amide bonds. The predicted molar refractivity (Wildman–Crippen MR) is 113 cm³/mol. The standard InChI is InChI=1S/C22H29N3O3/c1-5-16(4)28-20-11-7-9-18(13-20)23-14-21(26)25-19-10-6-8-17(12-19)22(27)24-15(2)3/h6-13,15-16,23H,5,14H2,1-4H3,(H,24,27)(H,25,26). The Morgan fingerprint density at radius 3 is 2.43 bits per heavy atom. The van der Waals surface area contributed by atoms with Crippen molar-refractivity contribution in [1.29, 1.82) is 0 Å². The van der Waals surface area contributed by atoms with E-state index in [1.807, 2.05) is 45.0 Å². The number of hydrogen-bond acceptors (Lipinski definition) is 4. The maximum Gasteiger partial charge on any atom is 0.251 e. The van der Waals surface area contributed by atoms with Crippen molar-refractivity contribution in [2.75, 3.05) is 17.2 Å². The first-order valence-corrected chi connectivity index (χ1v) is 9.58. The van der Waals surface area contributed by atoms with Crippen molar-refractivity contribution in [3.63, 3.8) is 0 Å². The molecule has 2 rings (SSSR count). The molecule has 0 saturated carbocycles. The molecule has 2 aromatic rings. The largest absolute Gasteiger partial charge is 0.491 e. The number of rotatable bonds is 9. The summed E-state index contributed by atoms with van der Waals surface area (Å²) < 4.78 is 5.79. The molecular weight excluding hydrogens is 354 g/mol. The van der Waals surface area contributed by atoms with Crippen LogP contribution >= 0.6 is 0 Å². The lowest BCUT2D eigenvalue weighted by Crippen LogP contribution is -2.30. The van der Waals surface area contributed by atoms with E-state index in [9.17, 15) is 9.59 Å². The van der Waals surface area contributed by atoms with Crippen LogP contribution in [0.4, 0.5) is 11.4 Å². The van der Waals surface area contributed by atoms with Crippen LogP contribution in [-0.2, 0) is 4.79 Å². The van der Waals surface area contributed by atoms with Gasteiger partial charge in [0.15, 0.2) is 0 Å². The van der Waals surface area contributed by atoms with Crippen molar-refractivity contribution in [3.05, 3.63) is 54.1 Å². The molecule has 3 N–H and O–H groups in total. The van der Waals surface area contributed by atoms with E-state index in [4.69, 9.17) is 4.74 Å². The van der Waals surface area contributed by atoms with Gasteiger partial charge in [0.25, 0.3) is 5.91 Å². The fraction of sp³-hybridized carbons (Fsp3) is 0.364. The molecule has 0 radical (unpaired) electrons. The van der Waals surface area contributed by atoms with Gasteiger partial charge in [-0.1, -0.05) is 19.1 Å². The third-order valence-corrected chi connectivity index (χ3v) is 4.03. The fourth-order valence-corrected chi connectivity index (χ4v) is 2.47. The van der Waals surface area contributed by atoms with Crippen LogP contribution in [0.25, 0.3) is 0 Å². The van der Waals surface area contributed by atoms with Gasteiger partial charge in [-0.05, 0) is 57.5 Å². The Hall–Kier alpha value is -3.02. The zero-order valence-electron chi connectivity index (χ0n) is 16.9. The van der Waals surface area contributed by atoms with Gasteiger partial charge in [0.1, 0.15) is 5.75 Å². The number of amides is 2. The molecular formula is C22H29N3O3. The second kappa shape index (κ2) is 10.3. The predicted octanol–water partition coefficient (Wildman–Crippen LogP) is 4.05. The molecule has 0 aliphatic heterocycles. The molecule has 0 aromatic heterocycles. The van der Waals surface area contributed by atoms with Crippen LogP contribution in [0.15, 0.2) is 48.5 Å². The second-order valence-corrected chi connectivity index (χ2v) is 6.98. The number of carbonyl (C=O) groups is 2. The van der Waals surface area contributed by atoms with Crippen LogP contribution in [-0.4, -0.2) is 30.5 Å². The average Bonchev–Trinajstić information content (AvgIpc) is 2.66. The zero-order chi connectivity index (χ0) is 20.5. The molecule has 0 spiro atoms. The molecule has 0 saturated heterocycles. The number of nitrogens with one attached hydrogen (secondary N) is 3. The van der Waals surface area contributed by atoms with Gasteiger partial charge in [0.2, 0.25) is 5.91 Å². The smallest absolute Gasteiger partial charge is 0.251 e. The Balaban J connectivity index is 1.91. The Morgan fingerprint density at radius 2 is 1.71 bits per heavy atom. The van der Waals surface area contributed by atoms with Crippen LogP contribution in [0.1, 0.15) is 44.5 Å². The average molecular weight is 383 g/mol. The van der Waals surface area contributed by atoms with E-state index in [1.165, 1.54) is 0 Å². The van der Waals surface area contributed by atoms with Gasteiger partial charge in [0, 0.05) is 29.0 Å². The van der Waals surface area contributed by atoms with E-state index in [-0.39, 0.29) is 30.5 Å².